The Bertz CT molecular complexity index is 550. The molecule has 1 aromatic heterocycles. The molecule has 2 aromatic rings. The zero-order chi connectivity index (χ0) is 13.1. The zero-order valence-corrected chi connectivity index (χ0v) is 10.7. The summed E-state index contributed by atoms with van der Waals surface area (Å²) >= 11 is 0. The highest BCUT2D eigenvalue weighted by molar-refractivity contribution is 5.58. The molecule has 1 aromatic carbocycles. The lowest BCUT2D eigenvalue weighted by Crippen LogP contribution is -2.22. The Morgan fingerprint density at radius 2 is 1.95 bits per heavy atom. The number of anilines is 1. The summed E-state index contributed by atoms with van der Waals surface area (Å²) in [4.78, 5) is 2.25. The van der Waals surface area contributed by atoms with E-state index in [1.54, 1.807) is 0 Å². The van der Waals surface area contributed by atoms with Crippen LogP contribution in [0.2, 0.25) is 0 Å². The van der Waals surface area contributed by atoms with E-state index in [4.69, 9.17) is 14.3 Å². The van der Waals surface area contributed by atoms with E-state index in [1.165, 1.54) is 0 Å². The summed E-state index contributed by atoms with van der Waals surface area (Å²) in [6, 6.07) is 11.8. The molecule has 0 aliphatic carbocycles. The number of benzene rings is 1. The maximum Gasteiger partial charge on any atom is 0.142 e. The van der Waals surface area contributed by atoms with Gasteiger partial charge in [-0.2, -0.15) is 0 Å². The van der Waals surface area contributed by atoms with E-state index in [1.807, 2.05) is 30.3 Å². The van der Waals surface area contributed by atoms with Gasteiger partial charge in [-0.05, 0) is 30.7 Å². The molecule has 0 unspecified atom stereocenters. The summed E-state index contributed by atoms with van der Waals surface area (Å²) in [5.41, 5.74) is 1.10. The van der Waals surface area contributed by atoms with Gasteiger partial charge < -0.3 is 19.2 Å². The fraction of sp³-hybridized carbons (Fsp3) is 0.333. The fourth-order valence-electron chi connectivity index (χ4n) is 2.34. The summed E-state index contributed by atoms with van der Waals surface area (Å²) in [7, 11) is 0. The number of rotatable bonds is 3. The smallest absolute Gasteiger partial charge is 0.142 e. The van der Waals surface area contributed by atoms with E-state index in [9.17, 15) is 0 Å². The Morgan fingerprint density at radius 1 is 1.11 bits per heavy atom. The molecule has 0 saturated carbocycles. The fourth-order valence-corrected chi connectivity index (χ4v) is 2.34. The second-order valence-electron chi connectivity index (χ2n) is 4.62. The Balaban J connectivity index is 1.83. The number of para-hydroxylation sites is 2. The average molecular weight is 259 g/mol. The van der Waals surface area contributed by atoms with Gasteiger partial charge in [0.1, 0.15) is 23.9 Å². The monoisotopic (exact) mass is 259 g/mol. The van der Waals surface area contributed by atoms with Crippen molar-refractivity contribution in [3.8, 4) is 5.75 Å². The van der Waals surface area contributed by atoms with Crippen molar-refractivity contribution >= 4 is 5.69 Å². The summed E-state index contributed by atoms with van der Waals surface area (Å²) in [5.74, 6) is 2.39. The predicted molar refractivity (Wildman–Crippen MR) is 72.2 cm³/mol. The molecule has 1 aliphatic heterocycles. The summed E-state index contributed by atoms with van der Waals surface area (Å²) < 4.78 is 11.3. The number of fused-ring (bicyclic) bond motifs is 1. The van der Waals surface area contributed by atoms with Gasteiger partial charge in [0.05, 0.1) is 18.8 Å². The van der Waals surface area contributed by atoms with Crippen molar-refractivity contribution < 1.29 is 14.3 Å². The highest BCUT2D eigenvalue weighted by Gasteiger charge is 2.17. The third-order valence-corrected chi connectivity index (χ3v) is 3.26. The van der Waals surface area contributed by atoms with Crippen LogP contribution in [0.15, 0.2) is 40.8 Å². The number of nitrogens with zero attached hydrogens (tertiary/aromatic N) is 1. The largest absolute Gasteiger partial charge is 0.491 e. The first-order chi connectivity index (χ1) is 9.36. The van der Waals surface area contributed by atoms with Crippen molar-refractivity contribution in [1.29, 1.82) is 0 Å². The van der Waals surface area contributed by atoms with Crippen LogP contribution in [0.5, 0.6) is 5.75 Å². The standard InChI is InChI=1S/C15H17NO3/c17-11-13-7-6-12(19-13)10-16-8-3-9-18-15-5-2-1-4-14(15)16/h1-2,4-7,17H,3,8-11H2. The molecule has 100 valence electrons. The van der Waals surface area contributed by atoms with Gasteiger partial charge in [0.2, 0.25) is 0 Å². The van der Waals surface area contributed by atoms with Gasteiger partial charge >= 0.3 is 0 Å². The molecule has 0 saturated heterocycles. The average Bonchev–Trinajstić information content (AvgIpc) is 2.80. The van der Waals surface area contributed by atoms with Crippen molar-refractivity contribution in [3.63, 3.8) is 0 Å². The molecule has 3 rings (SSSR count). The number of aliphatic hydroxyl groups is 1. The van der Waals surface area contributed by atoms with E-state index in [0.717, 1.165) is 36.8 Å². The van der Waals surface area contributed by atoms with Gasteiger partial charge in [-0.25, -0.2) is 0 Å². The quantitative estimate of drug-likeness (QED) is 0.920. The molecule has 19 heavy (non-hydrogen) atoms. The van der Waals surface area contributed by atoms with Crippen LogP contribution in [0.4, 0.5) is 5.69 Å². The van der Waals surface area contributed by atoms with Crippen LogP contribution in [-0.2, 0) is 13.2 Å². The van der Waals surface area contributed by atoms with Crippen LogP contribution >= 0.6 is 0 Å². The maximum absolute atomic E-state index is 9.03. The Hall–Kier alpha value is -1.94. The van der Waals surface area contributed by atoms with Crippen molar-refractivity contribution in [2.75, 3.05) is 18.1 Å². The van der Waals surface area contributed by atoms with Crippen LogP contribution in [0.25, 0.3) is 0 Å². The minimum absolute atomic E-state index is 0.0559. The van der Waals surface area contributed by atoms with Crippen molar-refractivity contribution in [3.05, 3.63) is 47.9 Å². The molecule has 0 bridgehead atoms. The van der Waals surface area contributed by atoms with Gasteiger partial charge in [-0.1, -0.05) is 12.1 Å². The van der Waals surface area contributed by atoms with Crippen LogP contribution in [0.1, 0.15) is 17.9 Å². The molecule has 2 heterocycles. The first kappa shape index (κ1) is 12.1. The molecular weight excluding hydrogens is 242 g/mol. The Kier molecular flexibility index (Phi) is 3.42. The van der Waals surface area contributed by atoms with E-state index in [-0.39, 0.29) is 6.61 Å². The first-order valence-electron chi connectivity index (χ1n) is 6.52. The Morgan fingerprint density at radius 3 is 2.79 bits per heavy atom. The first-order valence-corrected chi connectivity index (χ1v) is 6.52. The number of hydrogen-bond acceptors (Lipinski definition) is 4. The van der Waals surface area contributed by atoms with Crippen LogP contribution in [0.3, 0.4) is 0 Å². The van der Waals surface area contributed by atoms with Crippen LogP contribution in [0, 0.1) is 0 Å². The summed E-state index contributed by atoms with van der Waals surface area (Å²) in [5, 5.41) is 9.03. The molecular formula is C15H17NO3. The normalized spacial score (nSPS) is 14.7. The van der Waals surface area contributed by atoms with Crippen LogP contribution < -0.4 is 9.64 Å². The molecule has 4 heteroatoms. The number of hydrogen-bond donors (Lipinski definition) is 1. The minimum atomic E-state index is -0.0559. The summed E-state index contributed by atoms with van der Waals surface area (Å²) in [6.45, 7) is 2.32. The van der Waals surface area contributed by atoms with Crippen molar-refractivity contribution in [2.45, 2.75) is 19.6 Å². The van der Waals surface area contributed by atoms with E-state index in [2.05, 4.69) is 11.0 Å². The highest BCUT2D eigenvalue weighted by atomic mass is 16.5. The second-order valence-corrected chi connectivity index (χ2v) is 4.62. The van der Waals surface area contributed by atoms with Crippen LogP contribution in [-0.4, -0.2) is 18.3 Å². The molecule has 0 radical (unpaired) electrons. The summed E-state index contributed by atoms with van der Waals surface area (Å²) in [6.07, 6.45) is 0.988. The van der Waals surface area contributed by atoms with Crippen molar-refractivity contribution in [1.82, 2.24) is 0 Å². The zero-order valence-electron chi connectivity index (χ0n) is 10.7. The third kappa shape index (κ3) is 2.58. The van der Waals surface area contributed by atoms with Gasteiger partial charge in [-0.15, -0.1) is 0 Å². The molecule has 0 spiro atoms. The van der Waals surface area contributed by atoms with Crippen molar-refractivity contribution in [2.24, 2.45) is 0 Å². The number of furan rings is 1. The maximum atomic E-state index is 9.03. The van der Waals surface area contributed by atoms with Gasteiger partial charge in [0, 0.05) is 6.54 Å². The van der Waals surface area contributed by atoms with Gasteiger partial charge in [0.25, 0.3) is 0 Å². The molecule has 0 atom stereocenters. The SMILES string of the molecule is OCc1ccc(CN2CCCOc3ccccc32)o1. The predicted octanol–water partition coefficient (Wildman–Crippen LogP) is 2.56. The molecule has 4 nitrogen and oxygen atoms in total. The van der Waals surface area contributed by atoms with E-state index in [0.29, 0.717) is 12.3 Å². The minimum Gasteiger partial charge on any atom is -0.491 e. The molecule has 0 fully saturated rings. The molecule has 1 aliphatic rings. The van der Waals surface area contributed by atoms with E-state index >= 15 is 0 Å². The second kappa shape index (κ2) is 5.36. The Labute approximate surface area is 112 Å². The lowest BCUT2D eigenvalue weighted by Gasteiger charge is -2.22. The van der Waals surface area contributed by atoms with Gasteiger partial charge in [0.15, 0.2) is 0 Å². The topological polar surface area (TPSA) is 45.8 Å². The lowest BCUT2D eigenvalue weighted by atomic mass is 10.2. The highest BCUT2D eigenvalue weighted by Crippen LogP contribution is 2.31. The third-order valence-electron chi connectivity index (χ3n) is 3.26. The van der Waals surface area contributed by atoms with Gasteiger partial charge in [-0.3, -0.25) is 0 Å². The number of ether oxygens (including phenoxy) is 1. The molecule has 1 N–H and O–H groups in total. The number of aliphatic hydroxyl groups excluding tert-OH is 1. The molecule has 0 amide bonds. The van der Waals surface area contributed by atoms with E-state index < -0.39 is 0 Å². The lowest BCUT2D eigenvalue weighted by molar-refractivity contribution is 0.243.